The van der Waals surface area contributed by atoms with Gasteiger partial charge < -0.3 is 14.5 Å². The number of oxazole rings is 1. The second-order valence-corrected chi connectivity index (χ2v) is 4.01. The van der Waals surface area contributed by atoms with Gasteiger partial charge in [-0.1, -0.05) is 18.2 Å². The van der Waals surface area contributed by atoms with Gasteiger partial charge in [-0.3, -0.25) is 0 Å². The Bertz CT molecular complexity index is 661. The van der Waals surface area contributed by atoms with E-state index in [1.165, 1.54) is 0 Å². The standard InChI is InChI=1S/C14H13N3O2/c1-18-13-10(5-4-8-15-13)9-16-14-17-11-6-2-3-7-12(11)19-14/h2-8H,9H2,1H3,(H,16,17). The molecule has 1 aromatic carbocycles. The molecule has 0 aliphatic heterocycles. The molecular formula is C14H13N3O2. The van der Waals surface area contributed by atoms with Gasteiger partial charge in [-0.25, -0.2) is 4.98 Å². The average Bonchev–Trinajstić information content (AvgIpc) is 2.88. The zero-order valence-electron chi connectivity index (χ0n) is 10.5. The summed E-state index contributed by atoms with van der Waals surface area (Å²) in [6.07, 6.45) is 1.70. The monoisotopic (exact) mass is 255 g/mol. The quantitative estimate of drug-likeness (QED) is 0.776. The lowest BCUT2D eigenvalue weighted by Crippen LogP contribution is -2.02. The summed E-state index contributed by atoms with van der Waals surface area (Å²) in [6, 6.07) is 12.0. The largest absolute Gasteiger partial charge is 0.481 e. The van der Waals surface area contributed by atoms with Crippen LogP contribution in [-0.2, 0) is 6.54 Å². The van der Waals surface area contributed by atoms with Crippen LogP contribution in [0.2, 0.25) is 0 Å². The molecule has 5 heteroatoms. The normalized spacial score (nSPS) is 10.6. The van der Waals surface area contributed by atoms with E-state index in [-0.39, 0.29) is 0 Å². The van der Waals surface area contributed by atoms with Gasteiger partial charge in [-0.2, -0.15) is 4.98 Å². The fourth-order valence-electron chi connectivity index (χ4n) is 1.86. The highest BCUT2D eigenvalue weighted by molar-refractivity contribution is 5.74. The minimum Gasteiger partial charge on any atom is -0.481 e. The second kappa shape index (κ2) is 4.97. The van der Waals surface area contributed by atoms with Gasteiger partial charge in [-0.15, -0.1) is 0 Å². The third-order valence-electron chi connectivity index (χ3n) is 2.77. The molecule has 0 radical (unpaired) electrons. The van der Waals surface area contributed by atoms with E-state index < -0.39 is 0 Å². The van der Waals surface area contributed by atoms with Crippen LogP contribution in [0.1, 0.15) is 5.56 Å². The number of hydrogen-bond donors (Lipinski definition) is 1. The first-order valence-corrected chi connectivity index (χ1v) is 5.94. The molecule has 0 bridgehead atoms. The van der Waals surface area contributed by atoms with Crippen molar-refractivity contribution in [1.29, 1.82) is 0 Å². The van der Waals surface area contributed by atoms with Crippen LogP contribution in [0.5, 0.6) is 5.88 Å². The van der Waals surface area contributed by atoms with Crippen LogP contribution in [0.15, 0.2) is 47.0 Å². The molecule has 0 atom stereocenters. The van der Waals surface area contributed by atoms with Crippen molar-refractivity contribution >= 4 is 17.1 Å². The third-order valence-corrected chi connectivity index (χ3v) is 2.77. The minimum atomic E-state index is 0.493. The Morgan fingerprint density at radius 1 is 1.21 bits per heavy atom. The Hall–Kier alpha value is -2.56. The van der Waals surface area contributed by atoms with E-state index in [4.69, 9.17) is 9.15 Å². The summed E-state index contributed by atoms with van der Waals surface area (Å²) in [5, 5.41) is 3.13. The predicted molar refractivity (Wildman–Crippen MR) is 72.1 cm³/mol. The molecule has 96 valence electrons. The number of ether oxygens (including phenoxy) is 1. The maximum atomic E-state index is 5.58. The van der Waals surface area contributed by atoms with E-state index >= 15 is 0 Å². The van der Waals surface area contributed by atoms with Crippen molar-refractivity contribution in [3.8, 4) is 5.88 Å². The first kappa shape index (κ1) is 11.5. The van der Waals surface area contributed by atoms with Gasteiger partial charge in [0.1, 0.15) is 5.52 Å². The van der Waals surface area contributed by atoms with E-state index in [9.17, 15) is 0 Å². The van der Waals surface area contributed by atoms with Crippen LogP contribution < -0.4 is 10.1 Å². The van der Waals surface area contributed by atoms with E-state index in [0.29, 0.717) is 18.4 Å². The molecule has 0 saturated heterocycles. The predicted octanol–water partition coefficient (Wildman–Crippen LogP) is 2.84. The molecule has 19 heavy (non-hydrogen) atoms. The zero-order chi connectivity index (χ0) is 13.1. The van der Waals surface area contributed by atoms with Crippen molar-refractivity contribution in [3.05, 3.63) is 48.2 Å². The summed E-state index contributed by atoms with van der Waals surface area (Å²) in [5.74, 6) is 0.603. The molecule has 3 aromatic rings. The summed E-state index contributed by atoms with van der Waals surface area (Å²) in [4.78, 5) is 8.48. The lowest BCUT2D eigenvalue weighted by Gasteiger charge is -2.06. The highest BCUT2D eigenvalue weighted by atomic mass is 16.5. The molecule has 0 fully saturated rings. The Balaban J connectivity index is 1.78. The number of aromatic nitrogens is 2. The van der Waals surface area contributed by atoms with Crippen molar-refractivity contribution in [2.45, 2.75) is 6.54 Å². The number of hydrogen-bond acceptors (Lipinski definition) is 5. The number of rotatable bonds is 4. The van der Waals surface area contributed by atoms with Gasteiger partial charge in [0.25, 0.3) is 6.01 Å². The molecular weight excluding hydrogens is 242 g/mol. The highest BCUT2D eigenvalue weighted by Crippen LogP contribution is 2.20. The number of anilines is 1. The molecule has 3 rings (SSSR count). The SMILES string of the molecule is COc1ncccc1CNc1nc2ccccc2o1. The fourth-order valence-corrected chi connectivity index (χ4v) is 1.86. The van der Waals surface area contributed by atoms with Gasteiger partial charge in [0.15, 0.2) is 5.58 Å². The number of pyridine rings is 1. The van der Waals surface area contributed by atoms with Crippen LogP contribution in [-0.4, -0.2) is 17.1 Å². The van der Waals surface area contributed by atoms with Crippen molar-refractivity contribution in [2.75, 3.05) is 12.4 Å². The Morgan fingerprint density at radius 2 is 2.11 bits per heavy atom. The molecule has 0 aliphatic rings. The van der Waals surface area contributed by atoms with Crippen molar-refractivity contribution in [2.24, 2.45) is 0 Å². The number of fused-ring (bicyclic) bond motifs is 1. The summed E-state index contributed by atoms with van der Waals surface area (Å²) in [6.45, 7) is 0.545. The molecule has 5 nitrogen and oxygen atoms in total. The molecule has 1 N–H and O–H groups in total. The molecule has 0 unspecified atom stereocenters. The van der Waals surface area contributed by atoms with Gasteiger partial charge in [0.2, 0.25) is 5.88 Å². The Kier molecular flexibility index (Phi) is 3.02. The number of nitrogens with zero attached hydrogens (tertiary/aromatic N) is 2. The number of benzene rings is 1. The van der Waals surface area contributed by atoms with Crippen LogP contribution >= 0.6 is 0 Å². The summed E-state index contributed by atoms with van der Waals surface area (Å²) in [5.41, 5.74) is 2.55. The minimum absolute atomic E-state index is 0.493. The maximum absolute atomic E-state index is 5.58. The van der Waals surface area contributed by atoms with Crippen molar-refractivity contribution in [3.63, 3.8) is 0 Å². The molecule has 2 heterocycles. The van der Waals surface area contributed by atoms with Crippen LogP contribution in [0.3, 0.4) is 0 Å². The van der Waals surface area contributed by atoms with E-state index in [1.54, 1.807) is 13.3 Å². The third kappa shape index (κ3) is 2.35. The van der Waals surface area contributed by atoms with Gasteiger partial charge in [0.05, 0.1) is 7.11 Å². The first-order chi connectivity index (χ1) is 9.36. The summed E-state index contributed by atoms with van der Waals surface area (Å²) < 4.78 is 10.8. The molecule has 0 aliphatic carbocycles. The van der Waals surface area contributed by atoms with E-state index in [0.717, 1.165) is 16.7 Å². The van der Waals surface area contributed by atoms with Crippen molar-refractivity contribution in [1.82, 2.24) is 9.97 Å². The molecule has 2 aromatic heterocycles. The Morgan fingerprint density at radius 3 is 2.95 bits per heavy atom. The van der Waals surface area contributed by atoms with E-state index in [1.807, 2.05) is 36.4 Å². The number of para-hydroxylation sites is 2. The fraction of sp³-hybridized carbons (Fsp3) is 0.143. The van der Waals surface area contributed by atoms with Crippen molar-refractivity contribution < 1.29 is 9.15 Å². The molecule has 0 saturated carbocycles. The zero-order valence-corrected chi connectivity index (χ0v) is 10.5. The lowest BCUT2D eigenvalue weighted by molar-refractivity contribution is 0.393. The number of methoxy groups -OCH3 is 1. The summed E-state index contributed by atoms with van der Waals surface area (Å²) >= 11 is 0. The second-order valence-electron chi connectivity index (χ2n) is 4.01. The van der Waals surface area contributed by atoms with Crippen LogP contribution in [0.4, 0.5) is 6.01 Å². The average molecular weight is 255 g/mol. The Labute approximate surface area is 110 Å². The first-order valence-electron chi connectivity index (χ1n) is 5.94. The van der Waals surface area contributed by atoms with Crippen LogP contribution in [0, 0.1) is 0 Å². The van der Waals surface area contributed by atoms with E-state index in [2.05, 4.69) is 15.3 Å². The summed E-state index contributed by atoms with van der Waals surface area (Å²) in [7, 11) is 1.60. The number of nitrogens with one attached hydrogen (secondary N) is 1. The molecule has 0 amide bonds. The lowest BCUT2D eigenvalue weighted by atomic mass is 10.3. The smallest absolute Gasteiger partial charge is 0.295 e. The van der Waals surface area contributed by atoms with Crippen LogP contribution in [0.25, 0.3) is 11.1 Å². The van der Waals surface area contributed by atoms with Gasteiger partial charge in [0, 0.05) is 18.3 Å². The van der Waals surface area contributed by atoms with Gasteiger partial charge in [-0.05, 0) is 18.2 Å². The van der Waals surface area contributed by atoms with Gasteiger partial charge >= 0.3 is 0 Å². The topological polar surface area (TPSA) is 60.2 Å². The molecule has 0 spiro atoms. The maximum Gasteiger partial charge on any atom is 0.295 e. The highest BCUT2D eigenvalue weighted by Gasteiger charge is 2.07.